The van der Waals surface area contributed by atoms with Crippen LogP contribution in [0.15, 0.2) is 91.0 Å². The topological polar surface area (TPSA) is 0 Å². The van der Waals surface area contributed by atoms with Gasteiger partial charge >= 0.3 is 0 Å². The molecule has 0 aliphatic carbocycles. The summed E-state index contributed by atoms with van der Waals surface area (Å²) in [5.41, 5.74) is -11.1. The molecule has 6 rings (SSSR count). The van der Waals surface area contributed by atoms with Crippen molar-refractivity contribution >= 4 is 22.5 Å². The van der Waals surface area contributed by atoms with Crippen LogP contribution in [0.25, 0.3) is 0 Å². The lowest BCUT2D eigenvalue weighted by Gasteiger charge is -2.51. The highest BCUT2D eigenvalue weighted by molar-refractivity contribution is 7.12. The third kappa shape index (κ3) is 5.44. The van der Waals surface area contributed by atoms with Crippen LogP contribution in [0.2, 0.25) is 6.32 Å². The Labute approximate surface area is 295 Å². The molecule has 0 heterocycles. The van der Waals surface area contributed by atoms with Gasteiger partial charge in [-0.25, -0.2) is 65.9 Å². The van der Waals surface area contributed by atoms with Crippen molar-refractivity contribution in [3.63, 3.8) is 0 Å². The lowest BCUT2D eigenvalue weighted by atomic mass is 9.11. The van der Waals surface area contributed by atoms with E-state index in [-0.39, 0.29) is 16.7 Å². The summed E-state index contributed by atoms with van der Waals surface area (Å²) in [6.07, 6.45) is -7.84. The summed E-state index contributed by atoms with van der Waals surface area (Å²) < 4.78 is 234. The van der Waals surface area contributed by atoms with E-state index in [9.17, 15) is 13.2 Å². The molecule has 0 unspecified atom stereocenters. The highest BCUT2D eigenvalue weighted by atomic mass is 19.2. The Bertz CT molecular complexity index is 2070. The molecule has 278 valence electrons. The monoisotopic (exact) mass is 769 g/mol. The fourth-order valence-corrected chi connectivity index (χ4v) is 7.38. The number of halogens is 15. The Morgan fingerprint density at radius 3 is 0.667 bits per heavy atom. The van der Waals surface area contributed by atoms with Gasteiger partial charge < -0.3 is 0 Å². The first-order valence-electron chi connectivity index (χ1n) is 15.4. The molecule has 0 saturated carbocycles. The van der Waals surface area contributed by atoms with Gasteiger partial charge in [0, 0.05) is 5.41 Å². The second kappa shape index (κ2) is 14.0. The van der Waals surface area contributed by atoms with Crippen molar-refractivity contribution in [1.29, 1.82) is 0 Å². The normalized spacial score (nSPS) is 12.1. The molecule has 0 aliphatic heterocycles. The molecule has 0 radical (unpaired) electrons. The summed E-state index contributed by atoms with van der Waals surface area (Å²) in [6.45, 7) is 0. The van der Waals surface area contributed by atoms with Gasteiger partial charge in [-0.1, -0.05) is 91.0 Å². The standard InChI is InChI=1S/C38H17BF15/c40-23-20(24(41)30(47)35(52)29(23)46)39(21-25(42)31(48)36(53)32(49)26(21)43,22-27(44)33(50)37(54)34(51)28(22)45)16-38(17-10-4-1-5-11-17,18-12-6-2-7-13-18)19-14-8-3-9-15-19/h1-15H,16H2/q-1. The molecule has 0 spiro atoms. The maximum Gasteiger partial charge on any atom is 0.200 e. The zero-order chi connectivity index (χ0) is 39.4. The molecular weight excluding hydrogens is 752 g/mol. The zero-order valence-corrected chi connectivity index (χ0v) is 26.6. The Balaban J connectivity index is 2.05. The average molecular weight is 769 g/mol. The minimum atomic E-state index is -5.91. The van der Waals surface area contributed by atoms with E-state index in [1.165, 1.54) is 91.0 Å². The van der Waals surface area contributed by atoms with Gasteiger partial charge in [-0.3, -0.25) is 0 Å². The van der Waals surface area contributed by atoms with E-state index in [1.807, 2.05) is 0 Å². The summed E-state index contributed by atoms with van der Waals surface area (Å²) in [4.78, 5) is 0. The Morgan fingerprint density at radius 2 is 0.463 bits per heavy atom. The van der Waals surface area contributed by atoms with Crippen LogP contribution in [0.3, 0.4) is 0 Å². The van der Waals surface area contributed by atoms with Crippen LogP contribution in [0.1, 0.15) is 16.7 Å². The summed E-state index contributed by atoms with van der Waals surface area (Å²) in [6, 6.07) is 19.1. The molecule has 6 aromatic rings. The number of hydrogen-bond acceptors (Lipinski definition) is 0. The molecule has 0 atom stereocenters. The number of benzene rings is 6. The van der Waals surface area contributed by atoms with Crippen molar-refractivity contribution in [1.82, 2.24) is 0 Å². The smallest absolute Gasteiger partial charge is 0.200 e. The van der Waals surface area contributed by atoms with E-state index in [4.69, 9.17) is 0 Å². The van der Waals surface area contributed by atoms with Crippen LogP contribution >= 0.6 is 0 Å². The van der Waals surface area contributed by atoms with E-state index >= 15 is 52.7 Å². The first-order valence-corrected chi connectivity index (χ1v) is 15.4. The second-order valence-corrected chi connectivity index (χ2v) is 12.2. The zero-order valence-electron chi connectivity index (χ0n) is 26.6. The summed E-state index contributed by atoms with van der Waals surface area (Å²) in [5, 5.41) is 0. The predicted octanol–water partition coefficient (Wildman–Crippen LogP) is 9.28. The highest BCUT2D eigenvalue weighted by Crippen LogP contribution is 2.47. The van der Waals surface area contributed by atoms with Crippen molar-refractivity contribution in [2.75, 3.05) is 0 Å². The van der Waals surface area contributed by atoms with Crippen LogP contribution in [0.5, 0.6) is 0 Å². The number of hydrogen-bond donors (Lipinski definition) is 0. The number of rotatable bonds is 8. The fraction of sp³-hybridized carbons (Fsp3) is 0.0526. The van der Waals surface area contributed by atoms with Crippen LogP contribution in [0, 0.1) is 87.3 Å². The van der Waals surface area contributed by atoms with Gasteiger partial charge in [0.2, 0.25) is 0 Å². The Kier molecular flexibility index (Phi) is 9.84. The molecular formula is C38H17BF15-. The first-order chi connectivity index (χ1) is 25.5. The molecule has 0 aliphatic rings. The predicted molar refractivity (Wildman–Crippen MR) is 167 cm³/mol. The van der Waals surface area contributed by atoms with Crippen molar-refractivity contribution in [3.8, 4) is 0 Å². The molecule has 0 saturated heterocycles. The van der Waals surface area contributed by atoms with Gasteiger partial charge in [-0.15, -0.1) is 22.7 Å². The van der Waals surface area contributed by atoms with Crippen molar-refractivity contribution < 1.29 is 65.9 Å². The lowest BCUT2D eigenvalue weighted by Crippen LogP contribution is -2.75. The van der Waals surface area contributed by atoms with Crippen LogP contribution in [0.4, 0.5) is 65.9 Å². The van der Waals surface area contributed by atoms with Crippen molar-refractivity contribution in [2.45, 2.75) is 11.7 Å². The van der Waals surface area contributed by atoms with Crippen LogP contribution < -0.4 is 16.4 Å². The largest absolute Gasteiger partial charge is 0.207 e. The van der Waals surface area contributed by atoms with Gasteiger partial charge in [0.15, 0.2) is 52.4 Å². The molecule has 0 aromatic heterocycles. The quantitative estimate of drug-likeness (QED) is 0.0477. The van der Waals surface area contributed by atoms with E-state index in [1.54, 1.807) is 0 Å². The molecule has 0 fully saturated rings. The minimum absolute atomic E-state index is 0.190. The van der Waals surface area contributed by atoms with Crippen LogP contribution in [-0.2, 0) is 5.41 Å². The van der Waals surface area contributed by atoms with E-state index < -0.39 is 122 Å². The van der Waals surface area contributed by atoms with Crippen molar-refractivity contribution in [3.05, 3.63) is 195 Å². The fourth-order valence-electron chi connectivity index (χ4n) is 7.38. The van der Waals surface area contributed by atoms with Gasteiger partial charge in [0.05, 0.1) is 0 Å². The van der Waals surface area contributed by atoms with Gasteiger partial charge in [0.1, 0.15) is 41.0 Å². The maximum atomic E-state index is 16.4. The van der Waals surface area contributed by atoms with Gasteiger partial charge in [-0.2, -0.15) is 0 Å². The first kappa shape index (κ1) is 38.1. The summed E-state index contributed by atoms with van der Waals surface area (Å²) in [7, 11) is 0. The molecule has 16 heteroatoms. The molecule has 0 nitrogen and oxygen atoms in total. The third-order valence-corrected chi connectivity index (χ3v) is 9.62. The van der Waals surface area contributed by atoms with Crippen LogP contribution in [-0.4, -0.2) is 6.15 Å². The molecule has 6 aromatic carbocycles. The van der Waals surface area contributed by atoms with Gasteiger partial charge in [-0.05, 0) is 16.7 Å². The Hall–Kier alpha value is -5.67. The van der Waals surface area contributed by atoms with E-state index in [0.717, 1.165) is 0 Å². The minimum Gasteiger partial charge on any atom is -0.207 e. The lowest BCUT2D eigenvalue weighted by molar-refractivity contribution is 0.379. The summed E-state index contributed by atoms with van der Waals surface area (Å²) in [5.74, 6) is -45.6. The van der Waals surface area contributed by atoms with E-state index in [2.05, 4.69) is 0 Å². The van der Waals surface area contributed by atoms with E-state index in [0.29, 0.717) is 0 Å². The van der Waals surface area contributed by atoms with Gasteiger partial charge in [0.25, 0.3) is 0 Å². The third-order valence-electron chi connectivity index (χ3n) is 9.62. The maximum absolute atomic E-state index is 16.4. The van der Waals surface area contributed by atoms with Crippen molar-refractivity contribution in [2.24, 2.45) is 0 Å². The molecule has 0 bridgehead atoms. The highest BCUT2D eigenvalue weighted by Gasteiger charge is 2.52. The molecule has 54 heavy (non-hydrogen) atoms. The summed E-state index contributed by atoms with van der Waals surface area (Å²) >= 11 is 0. The Morgan fingerprint density at radius 1 is 0.278 bits per heavy atom. The molecule has 0 N–H and O–H groups in total. The average Bonchev–Trinajstić information content (AvgIpc) is 3.19. The second-order valence-electron chi connectivity index (χ2n) is 12.2. The molecule has 0 amide bonds. The SMILES string of the molecule is Fc1c(F)c(F)c([B-](CC(c2ccccc2)(c2ccccc2)c2ccccc2)(c2c(F)c(F)c(F)c(F)c2F)c2c(F)c(F)c(F)c(F)c2F)c(F)c1F.